The van der Waals surface area contributed by atoms with Gasteiger partial charge in [-0.15, -0.1) is 0 Å². The molecule has 278 valence electrons. The largest absolute Gasteiger partial charge is 0.208 e. The third-order valence-corrected chi connectivity index (χ3v) is 12.7. The van der Waals surface area contributed by atoms with Gasteiger partial charge >= 0.3 is 0 Å². The Hall–Kier alpha value is -6.97. The van der Waals surface area contributed by atoms with Crippen molar-refractivity contribution in [1.29, 1.82) is 0 Å². The number of fused-ring (bicyclic) bond motifs is 4. The quantitative estimate of drug-likeness (QED) is 0.170. The molecule has 8 aromatic carbocycles. The van der Waals surface area contributed by atoms with Crippen LogP contribution in [0.15, 0.2) is 188 Å². The van der Waals surface area contributed by atoms with Crippen LogP contribution in [0, 0.1) is 0 Å². The highest BCUT2D eigenvalue weighted by Crippen LogP contribution is 2.55. The van der Waals surface area contributed by atoms with Crippen molar-refractivity contribution < 1.29 is 0 Å². The molecule has 0 fully saturated rings. The highest BCUT2D eigenvalue weighted by Gasteiger charge is 2.46. The summed E-state index contributed by atoms with van der Waals surface area (Å²) in [6, 6.07) is 67.2. The predicted octanol–water partition coefficient (Wildman–Crippen LogP) is 14.3. The molecule has 3 heteroatoms. The van der Waals surface area contributed by atoms with Crippen LogP contribution in [0.4, 0.5) is 0 Å². The average Bonchev–Trinajstić information content (AvgIpc) is 3.28. The third-order valence-electron chi connectivity index (χ3n) is 12.7. The molecule has 0 unspecified atom stereocenters. The Balaban J connectivity index is 1.10. The van der Waals surface area contributed by atoms with Crippen molar-refractivity contribution in [2.45, 2.75) is 38.5 Å². The van der Waals surface area contributed by atoms with E-state index >= 15 is 0 Å². The maximum Gasteiger partial charge on any atom is 0.164 e. The van der Waals surface area contributed by atoms with Crippen LogP contribution in [-0.2, 0) is 10.8 Å². The van der Waals surface area contributed by atoms with Gasteiger partial charge in [-0.3, -0.25) is 0 Å². The normalized spacial score (nSPS) is 13.8. The topological polar surface area (TPSA) is 38.7 Å². The zero-order chi connectivity index (χ0) is 39.4. The third kappa shape index (κ3) is 5.94. The summed E-state index contributed by atoms with van der Waals surface area (Å²) in [5, 5.41) is 2.27. The van der Waals surface area contributed by atoms with Gasteiger partial charge in [0.15, 0.2) is 17.5 Å². The average molecular weight is 746 g/mol. The Labute approximate surface area is 340 Å². The molecule has 0 aliphatic heterocycles. The lowest BCUT2D eigenvalue weighted by atomic mass is 9.55. The van der Waals surface area contributed by atoms with Crippen LogP contribution in [0.25, 0.3) is 89.4 Å². The lowest BCUT2D eigenvalue weighted by Gasteiger charge is -2.48. The molecule has 1 aliphatic rings. The fraction of sp³-hybridized carbons (Fsp3) is 0.109. The van der Waals surface area contributed by atoms with E-state index < -0.39 is 0 Å². The molecule has 1 aliphatic carbocycles. The van der Waals surface area contributed by atoms with Gasteiger partial charge in [0.25, 0.3) is 0 Å². The van der Waals surface area contributed by atoms with Crippen LogP contribution < -0.4 is 0 Å². The monoisotopic (exact) mass is 745 g/mol. The Kier molecular flexibility index (Phi) is 8.49. The van der Waals surface area contributed by atoms with E-state index in [0.717, 1.165) is 27.5 Å². The molecular weight excluding hydrogens is 703 g/mol. The molecule has 0 amide bonds. The van der Waals surface area contributed by atoms with E-state index in [4.69, 9.17) is 15.0 Å². The molecule has 0 saturated heterocycles. The first-order valence-corrected chi connectivity index (χ1v) is 20.1. The molecule has 1 aromatic heterocycles. The number of rotatable bonds is 6. The van der Waals surface area contributed by atoms with Gasteiger partial charge in [0.2, 0.25) is 0 Å². The summed E-state index contributed by atoms with van der Waals surface area (Å²) in [5.41, 5.74) is 15.3. The summed E-state index contributed by atoms with van der Waals surface area (Å²) in [7, 11) is 0. The first-order chi connectivity index (χ1) is 28.3. The van der Waals surface area contributed by atoms with E-state index in [0.29, 0.717) is 17.5 Å². The molecule has 3 nitrogen and oxygen atoms in total. The van der Waals surface area contributed by atoms with Gasteiger partial charge < -0.3 is 0 Å². The zero-order valence-electron chi connectivity index (χ0n) is 33.2. The van der Waals surface area contributed by atoms with Crippen LogP contribution in [0.5, 0.6) is 0 Å². The van der Waals surface area contributed by atoms with Crippen molar-refractivity contribution in [3.63, 3.8) is 0 Å². The van der Waals surface area contributed by atoms with E-state index in [1.807, 2.05) is 36.4 Å². The number of benzene rings is 8. The minimum Gasteiger partial charge on any atom is -0.208 e. The van der Waals surface area contributed by atoms with Crippen molar-refractivity contribution in [3.8, 4) is 78.7 Å². The number of nitrogens with zero attached hydrogens (tertiary/aromatic N) is 3. The molecule has 0 N–H and O–H groups in total. The minimum absolute atomic E-state index is 0.115. The molecular formula is C55H43N3. The molecule has 0 bridgehead atoms. The highest BCUT2D eigenvalue weighted by molar-refractivity contribution is 6.04. The van der Waals surface area contributed by atoms with Gasteiger partial charge in [0.05, 0.1) is 0 Å². The summed E-state index contributed by atoms with van der Waals surface area (Å²) in [4.78, 5) is 15.1. The second kappa shape index (κ2) is 13.9. The summed E-state index contributed by atoms with van der Waals surface area (Å²) in [5.74, 6) is 1.97. The molecule has 9 aromatic rings. The van der Waals surface area contributed by atoms with Gasteiger partial charge in [-0.25, -0.2) is 15.0 Å². The van der Waals surface area contributed by atoms with Crippen molar-refractivity contribution in [2.24, 2.45) is 0 Å². The standard InChI is InChI=1S/C55H43N3/c1-54(2)49-32-28-41(40-24-16-23-39(33-40)36-17-8-5-9-18-36)34-48(49)46-29-27-42(35-50(46)55(54,3)4)43-30-31-47(45-26-15-14-25-44(43)45)53-57-51(37-19-10-6-11-20-37)56-52(58-53)38-21-12-7-13-22-38/h5-35H,1-4H3. The number of hydrogen-bond donors (Lipinski definition) is 0. The molecule has 0 atom stereocenters. The highest BCUT2D eigenvalue weighted by atomic mass is 15.0. The van der Waals surface area contributed by atoms with E-state index in [1.165, 1.54) is 55.6 Å². The lowest BCUT2D eigenvalue weighted by molar-refractivity contribution is 0.299. The van der Waals surface area contributed by atoms with Crippen molar-refractivity contribution in [2.75, 3.05) is 0 Å². The van der Waals surface area contributed by atoms with Gasteiger partial charge in [0.1, 0.15) is 0 Å². The molecule has 0 spiro atoms. The number of hydrogen-bond acceptors (Lipinski definition) is 3. The van der Waals surface area contributed by atoms with E-state index in [1.54, 1.807) is 0 Å². The summed E-state index contributed by atoms with van der Waals surface area (Å²) in [6.45, 7) is 9.63. The molecule has 58 heavy (non-hydrogen) atoms. The summed E-state index contributed by atoms with van der Waals surface area (Å²) >= 11 is 0. The second-order valence-corrected chi connectivity index (χ2v) is 16.5. The molecule has 1 heterocycles. The van der Waals surface area contributed by atoms with E-state index in [9.17, 15) is 0 Å². The fourth-order valence-corrected chi connectivity index (χ4v) is 8.81. The summed E-state index contributed by atoms with van der Waals surface area (Å²) in [6.07, 6.45) is 0. The van der Waals surface area contributed by atoms with E-state index in [-0.39, 0.29) is 10.8 Å². The molecule has 0 radical (unpaired) electrons. The van der Waals surface area contributed by atoms with Crippen molar-refractivity contribution in [3.05, 3.63) is 199 Å². The maximum absolute atomic E-state index is 5.09. The first kappa shape index (κ1) is 35.4. The van der Waals surface area contributed by atoms with Crippen LogP contribution >= 0.6 is 0 Å². The van der Waals surface area contributed by atoms with Gasteiger partial charge in [-0.1, -0.05) is 191 Å². The van der Waals surface area contributed by atoms with Crippen LogP contribution in [0.2, 0.25) is 0 Å². The van der Waals surface area contributed by atoms with Gasteiger partial charge in [-0.2, -0.15) is 0 Å². The Morgan fingerprint density at radius 3 is 1.36 bits per heavy atom. The minimum atomic E-state index is -0.137. The van der Waals surface area contributed by atoms with Crippen molar-refractivity contribution in [1.82, 2.24) is 15.0 Å². The zero-order valence-corrected chi connectivity index (χ0v) is 33.2. The van der Waals surface area contributed by atoms with Crippen LogP contribution in [-0.4, -0.2) is 15.0 Å². The Morgan fingerprint density at radius 1 is 0.276 bits per heavy atom. The SMILES string of the molecule is CC1(C)c2ccc(-c3cccc(-c4ccccc4)c3)cc2-c2ccc(-c3ccc(-c4nc(-c5ccccc5)nc(-c5ccccc5)n4)c4ccccc34)cc2C1(C)C. The second-order valence-electron chi connectivity index (χ2n) is 16.5. The van der Waals surface area contributed by atoms with Crippen molar-refractivity contribution >= 4 is 10.8 Å². The summed E-state index contributed by atoms with van der Waals surface area (Å²) < 4.78 is 0. The smallest absolute Gasteiger partial charge is 0.164 e. The van der Waals surface area contributed by atoms with Crippen LogP contribution in [0.3, 0.4) is 0 Å². The fourth-order valence-electron chi connectivity index (χ4n) is 8.81. The number of aromatic nitrogens is 3. The predicted molar refractivity (Wildman–Crippen MR) is 241 cm³/mol. The maximum atomic E-state index is 5.09. The van der Waals surface area contributed by atoms with Gasteiger partial charge in [-0.05, 0) is 102 Å². The molecule has 0 saturated carbocycles. The van der Waals surface area contributed by atoms with Crippen LogP contribution in [0.1, 0.15) is 38.8 Å². The molecule has 10 rings (SSSR count). The Bertz CT molecular complexity index is 2930. The lowest BCUT2D eigenvalue weighted by Crippen LogP contribution is -2.43. The van der Waals surface area contributed by atoms with E-state index in [2.05, 4.69) is 179 Å². The van der Waals surface area contributed by atoms with Gasteiger partial charge in [0, 0.05) is 16.7 Å². The Morgan fingerprint density at radius 2 is 0.724 bits per heavy atom. The first-order valence-electron chi connectivity index (χ1n) is 20.1.